The lowest BCUT2D eigenvalue weighted by Crippen LogP contribution is -2.05. The van der Waals surface area contributed by atoms with Crippen LogP contribution in [0.2, 0.25) is 0 Å². The van der Waals surface area contributed by atoms with Gasteiger partial charge in [0.05, 0.1) is 0 Å². The molecule has 0 aromatic carbocycles. The van der Waals surface area contributed by atoms with E-state index in [1.165, 1.54) is 0 Å². The number of Topliss-reactive ketones (excluding diaryl/α,β-unsaturated/α-hetero) is 1. The zero-order valence-corrected chi connectivity index (χ0v) is 6.27. The summed E-state index contributed by atoms with van der Waals surface area (Å²) in [6.07, 6.45) is 0. The molecule has 0 atom stereocenters. The van der Waals surface area contributed by atoms with Crippen molar-refractivity contribution in [3.05, 3.63) is 12.3 Å². The van der Waals surface area contributed by atoms with Crippen molar-refractivity contribution in [2.45, 2.75) is 6.92 Å². The Morgan fingerprint density at radius 1 is 1.00 bits per heavy atom. The van der Waals surface area contributed by atoms with Crippen LogP contribution in [0, 0.1) is 0 Å². The number of hydrogen-bond donors (Lipinski definition) is 3. The summed E-state index contributed by atoms with van der Waals surface area (Å²) < 4.78 is 0. The minimum absolute atomic E-state index is 0.824. The summed E-state index contributed by atoms with van der Waals surface area (Å²) in [5.74, 6) is -4.41. The number of aliphatic carboxylic acids is 2. The van der Waals surface area contributed by atoms with Gasteiger partial charge in [0.1, 0.15) is 0 Å². The van der Waals surface area contributed by atoms with Gasteiger partial charge in [-0.05, 0) is 6.58 Å². The molecule has 0 bridgehead atoms. The topological polar surface area (TPSA) is 112 Å². The van der Waals surface area contributed by atoms with Crippen LogP contribution < -0.4 is 0 Å². The molecule has 0 saturated heterocycles. The molecule has 0 rings (SSSR count). The summed E-state index contributed by atoms with van der Waals surface area (Å²) in [5.41, 5.74) is 0. The molecular weight excluding hydrogens is 168 g/mol. The van der Waals surface area contributed by atoms with Crippen LogP contribution >= 0.6 is 0 Å². The molecule has 0 radical (unpaired) electrons. The highest BCUT2D eigenvalue weighted by Gasteiger charge is 1.99. The third kappa shape index (κ3) is 11.0. The molecule has 6 heteroatoms. The van der Waals surface area contributed by atoms with Crippen molar-refractivity contribution in [1.82, 2.24) is 0 Å². The van der Waals surface area contributed by atoms with E-state index < -0.39 is 23.5 Å². The van der Waals surface area contributed by atoms with Gasteiger partial charge in [-0.25, -0.2) is 9.59 Å². The van der Waals surface area contributed by atoms with Gasteiger partial charge in [-0.1, -0.05) is 0 Å². The molecule has 0 heterocycles. The third-order valence-electron chi connectivity index (χ3n) is 0.548. The first-order valence-electron chi connectivity index (χ1n) is 2.64. The summed E-state index contributed by atoms with van der Waals surface area (Å²) in [6.45, 7) is 3.71. The molecule has 0 aromatic heterocycles. The van der Waals surface area contributed by atoms with Crippen LogP contribution in [0.4, 0.5) is 0 Å². The highest BCUT2D eigenvalue weighted by Crippen LogP contribution is 1.75. The molecule has 0 aromatic rings. The van der Waals surface area contributed by atoms with E-state index in [9.17, 15) is 14.4 Å². The second-order valence-electron chi connectivity index (χ2n) is 1.61. The summed E-state index contributed by atoms with van der Waals surface area (Å²) in [4.78, 5) is 28.2. The molecule has 0 aliphatic carbocycles. The number of carbonyl (C=O) groups is 3. The molecular formula is C6H8O6. The van der Waals surface area contributed by atoms with Crippen molar-refractivity contribution in [2.24, 2.45) is 0 Å². The first-order valence-corrected chi connectivity index (χ1v) is 2.64. The number of aliphatic hydroxyl groups is 1. The Hall–Kier alpha value is -1.85. The fourth-order valence-corrected chi connectivity index (χ4v) is 0. The highest BCUT2D eigenvalue weighted by molar-refractivity contribution is 6.31. The Morgan fingerprint density at radius 2 is 1.17 bits per heavy atom. The lowest BCUT2D eigenvalue weighted by atomic mass is 10.5. The SMILES string of the molecule is C=C(O)C(=O)O.CC(=O)C(=O)O. The minimum atomic E-state index is -1.38. The van der Waals surface area contributed by atoms with Gasteiger partial charge < -0.3 is 15.3 Å². The predicted octanol–water partition coefficient (Wildman–Crippen LogP) is -0.197. The highest BCUT2D eigenvalue weighted by atomic mass is 16.4. The van der Waals surface area contributed by atoms with Gasteiger partial charge in [0.25, 0.3) is 0 Å². The Kier molecular flexibility index (Phi) is 6.29. The fraction of sp³-hybridized carbons (Fsp3) is 0.167. The van der Waals surface area contributed by atoms with Gasteiger partial charge in [0, 0.05) is 6.92 Å². The lowest BCUT2D eigenvalue weighted by molar-refractivity contribution is -0.148. The van der Waals surface area contributed by atoms with E-state index in [0.717, 1.165) is 6.92 Å². The number of ketones is 1. The average molecular weight is 176 g/mol. The van der Waals surface area contributed by atoms with E-state index in [0.29, 0.717) is 0 Å². The van der Waals surface area contributed by atoms with Crippen LogP contribution in [0.5, 0.6) is 0 Å². The first-order chi connectivity index (χ1) is 5.29. The summed E-state index contributed by atoms with van der Waals surface area (Å²) in [6, 6.07) is 0. The number of aliphatic hydroxyl groups excluding tert-OH is 1. The van der Waals surface area contributed by atoms with E-state index in [1.54, 1.807) is 0 Å². The smallest absolute Gasteiger partial charge is 0.371 e. The van der Waals surface area contributed by atoms with Gasteiger partial charge in [0.15, 0.2) is 5.76 Å². The van der Waals surface area contributed by atoms with Crippen LogP contribution in [0.1, 0.15) is 6.92 Å². The Morgan fingerprint density at radius 3 is 1.17 bits per heavy atom. The summed E-state index contributed by atoms with van der Waals surface area (Å²) >= 11 is 0. The van der Waals surface area contributed by atoms with Crippen molar-refractivity contribution in [1.29, 1.82) is 0 Å². The summed E-state index contributed by atoms with van der Waals surface area (Å²) in [7, 11) is 0. The molecule has 0 unspecified atom stereocenters. The molecule has 0 amide bonds. The van der Waals surface area contributed by atoms with Crippen molar-refractivity contribution >= 4 is 17.7 Å². The molecule has 0 fully saturated rings. The zero-order chi connectivity index (χ0) is 10.3. The maximum Gasteiger partial charge on any atom is 0.371 e. The largest absolute Gasteiger partial charge is 0.502 e. The zero-order valence-electron chi connectivity index (χ0n) is 6.27. The van der Waals surface area contributed by atoms with Crippen LogP contribution in [0.25, 0.3) is 0 Å². The number of carbonyl (C=O) groups excluding carboxylic acids is 1. The normalized spacial score (nSPS) is 7.42. The van der Waals surface area contributed by atoms with Crippen molar-refractivity contribution in [3.63, 3.8) is 0 Å². The molecule has 0 saturated carbocycles. The van der Waals surface area contributed by atoms with E-state index in [2.05, 4.69) is 6.58 Å². The van der Waals surface area contributed by atoms with Crippen molar-refractivity contribution < 1.29 is 29.7 Å². The van der Waals surface area contributed by atoms with E-state index in [1.807, 2.05) is 0 Å². The molecule has 3 N–H and O–H groups in total. The second kappa shape index (κ2) is 5.90. The fourth-order valence-electron chi connectivity index (χ4n) is 0. The monoisotopic (exact) mass is 176 g/mol. The Labute approximate surface area is 67.7 Å². The van der Waals surface area contributed by atoms with Gasteiger partial charge >= 0.3 is 11.9 Å². The second-order valence-corrected chi connectivity index (χ2v) is 1.61. The Balaban J connectivity index is 0. The summed E-state index contributed by atoms with van der Waals surface area (Å²) in [5, 5.41) is 23.1. The number of hydrogen-bond acceptors (Lipinski definition) is 4. The number of rotatable bonds is 2. The standard InChI is InChI=1S/2C3H4O3/c2*1-2(4)3(5)6/h1H3,(H,5,6);4H,1H2,(H,5,6). The van der Waals surface area contributed by atoms with Gasteiger partial charge in [-0.3, -0.25) is 4.79 Å². The van der Waals surface area contributed by atoms with E-state index >= 15 is 0 Å². The van der Waals surface area contributed by atoms with Gasteiger partial charge in [0.2, 0.25) is 5.78 Å². The van der Waals surface area contributed by atoms with Crippen molar-refractivity contribution in [3.8, 4) is 0 Å². The average Bonchev–Trinajstić information content (AvgIpc) is 1.88. The van der Waals surface area contributed by atoms with Crippen LogP contribution in [0.15, 0.2) is 12.3 Å². The van der Waals surface area contributed by atoms with E-state index in [-0.39, 0.29) is 0 Å². The molecule has 0 aliphatic rings. The maximum absolute atomic E-state index is 9.54. The van der Waals surface area contributed by atoms with Crippen LogP contribution in [0.3, 0.4) is 0 Å². The molecule has 68 valence electrons. The van der Waals surface area contributed by atoms with Crippen molar-refractivity contribution in [2.75, 3.05) is 0 Å². The van der Waals surface area contributed by atoms with Crippen LogP contribution in [-0.2, 0) is 14.4 Å². The molecule has 0 spiro atoms. The van der Waals surface area contributed by atoms with Crippen LogP contribution in [-0.4, -0.2) is 33.0 Å². The number of carboxylic acid groups (broad SMARTS) is 2. The minimum Gasteiger partial charge on any atom is -0.502 e. The maximum atomic E-state index is 9.54. The lowest BCUT2D eigenvalue weighted by Gasteiger charge is -1.79. The molecule has 12 heavy (non-hydrogen) atoms. The first kappa shape index (κ1) is 12.8. The molecule has 6 nitrogen and oxygen atoms in total. The third-order valence-corrected chi connectivity index (χ3v) is 0.548. The predicted molar refractivity (Wildman–Crippen MR) is 37.7 cm³/mol. The quantitative estimate of drug-likeness (QED) is 0.305. The Bertz CT molecular complexity index is 168. The van der Waals surface area contributed by atoms with E-state index in [4.69, 9.17) is 15.3 Å². The van der Waals surface area contributed by atoms with Gasteiger partial charge in [-0.2, -0.15) is 0 Å². The molecule has 0 aliphatic heterocycles. The van der Waals surface area contributed by atoms with Gasteiger partial charge in [-0.15, -0.1) is 0 Å². The number of carboxylic acids is 2.